The van der Waals surface area contributed by atoms with E-state index < -0.39 is 9.84 Å². The first-order chi connectivity index (χ1) is 12.2. The molecule has 142 valence electrons. The van der Waals surface area contributed by atoms with E-state index in [1.165, 1.54) is 4.88 Å². The van der Waals surface area contributed by atoms with Crippen molar-refractivity contribution >= 4 is 27.1 Å². The van der Waals surface area contributed by atoms with Crippen molar-refractivity contribution in [3.05, 3.63) is 52.2 Å². The Bertz CT molecular complexity index is 819. The second-order valence-corrected chi connectivity index (χ2v) is 10.3. The molecule has 0 unspecified atom stereocenters. The molecule has 1 aromatic carbocycles. The molecule has 0 aliphatic heterocycles. The summed E-state index contributed by atoms with van der Waals surface area (Å²) in [5, 5.41) is 5.04. The molecule has 0 atom stereocenters. The number of hydrogen-bond acceptors (Lipinski definition) is 4. The smallest absolute Gasteiger partial charge is 0.188 e. The van der Waals surface area contributed by atoms with Crippen LogP contribution >= 0.6 is 11.3 Å². The fourth-order valence-corrected chi connectivity index (χ4v) is 4.22. The molecule has 1 aromatic heterocycles. The SMILES string of the molecule is CC(C)(C)c1ccc(S(=O)(=O)CCN=C(N)NCCc2cccs2)cc1. The molecule has 3 N–H and O–H groups in total. The number of guanidine groups is 1. The van der Waals surface area contributed by atoms with Crippen LogP contribution in [0.15, 0.2) is 51.7 Å². The largest absolute Gasteiger partial charge is 0.370 e. The fourth-order valence-electron chi connectivity index (χ4n) is 2.39. The third kappa shape index (κ3) is 6.14. The predicted octanol–water partition coefficient (Wildman–Crippen LogP) is 2.97. The molecule has 2 aromatic rings. The minimum atomic E-state index is -3.36. The van der Waals surface area contributed by atoms with Gasteiger partial charge in [-0.05, 0) is 41.0 Å². The zero-order valence-corrected chi connectivity index (χ0v) is 17.2. The average Bonchev–Trinajstić information content (AvgIpc) is 3.07. The highest BCUT2D eigenvalue weighted by molar-refractivity contribution is 7.91. The van der Waals surface area contributed by atoms with Crippen LogP contribution in [0.2, 0.25) is 0 Å². The van der Waals surface area contributed by atoms with Crippen LogP contribution in [0.5, 0.6) is 0 Å². The third-order valence-electron chi connectivity index (χ3n) is 3.98. The van der Waals surface area contributed by atoms with E-state index in [0.29, 0.717) is 11.4 Å². The Kier molecular flexibility index (Phi) is 6.83. The highest BCUT2D eigenvalue weighted by atomic mass is 32.2. The van der Waals surface area contributed by atoms with Crippen LogP contribution in [-0.4, -0.2) is 33.2 Å². The topological polar surface area (TPSA) is 84.5 Å². The van der Waals surface area contributed by atoms with Crippen LogP contribution in [0.3, 0.4) is 0 Å². The molecule has 1 heterocycles. The first kappa shape index (κ1) is 20.5. The summed E-state index contributed by atoms with van der Waals surface area (Å²) in [6, 6.07) is 11.2. The second kappa shape index (κ2) is 8.68. The first-order valence-corrected chi connectivity index (χ1v) is 11.1. The van der Waals surface area contributed by atoms with Crippen molar-refractivity contribution in [1.29, 1.82) is 0 Å². The van der Waals surface area contributed by atoms with Crippen LogP contribution in [0.25, 0.3) is 0 Å². The van der Waals surface area contributed by atoms with Crippen molar-refractivity contribution in [2.45, 2.75) is 37.5 Å². The molecule has 5 nitrogen and oxygen atoms in total. The van der Waals surface area contributed by atoms with Gasteiger partial charge in [-0.2, -0.15) is 0 Å². The third-order valence-corrected chi connectivity index (χ3v) is 6.63. The number of thiophene rings is 1. The Labute approximate surface area is 160 Å². The molecule has 0 amide bonds. The van der Waals surface area contributed by atoms with E-state index in [9.17, 15) is 8.42 Å². The standard InChI is InChI=1S/C19H27N3O2S2/c1-19(2,3)15-6-8-17(9-7-15)26(23,24)14-12-22-18(20)21-11-10-16-5-4-13-25-16/h4-9,13H,10-12,14H2,1-3H3,(H3,20,21,22). The minimum Gasteiger partial charge on any atom is -0.370 e. The molecular formula is C19H27N3O2S2. The number of rotatable bonds is 7. The van der Waals surface area contributed by atoms with Gasteiger partial charge in [-0.25, -0.2) is 8.42 Å². The van der Waals surface area contributed by atoms with E-state index in [4.69, 9.17) is 5.73 Å². The van der Waals surface area contributed by atoms with Crippen molar-refractivity contribution in [3.8, 4) is 0 Å². The monoisotopic (exact) mass is 393 g/mol. The molecule has 0 aliphatic carbocycles. The van der Waals surface area contributed by atoms with Crippen LogP contribution in [0.1, 0.15) is 31.2 Å². The number of hydrogen-bond donors (Lipinski definition) is 2. The number of sulfone groups is 1. The lowest BCUT2D eigenvalue weighted by atomic mass is 9.87. The van der Waals surface area contributed by atoms with Gasteiger partial charge < -0.3 is 11.1 Å². The summed E-state index contributed by atoms with van der Waals surface area (Å²) in [6.45, 7) is 7.11. The molecule has 0 spiro atoms. The van der Waals surface area contributed by atoms with E-state index in [1.807, 2.05) is 23.6 Å². The zero-order valence-electron chi connectivity index (χ0n) is 15.5. The van der Waals surface area contributed by atoms with E-state index in [1.54, 1.807) is 23.5 Å². The van der Waals surface area contributed by atoms with Crippen LogP contribution in [-0.2, 0) is 21.7 Å². The van der Waals surface area contributed by atoms with Gasteiger partial charge >= 0.3 is 0 Å². The number of benzene rings is 1. The average molecular weight is 394 g/mol. The van der Waals surface area contributed by atoms with Gasteiger partial charge in [0.25, 0.3) is 0 Å². The predicted molar refractivity (Wildman–Crippen MR) is 110 cm³/mol. The summed E-state index contributed by atoms with van der Waals surface area (Å²) in [5.41, 5.74) is 6.90. The molecule has 0 saturated heterocycles. The Morgan fingerprint density at radius 1 is 1.19 bits per heavy atom. The Morgan fingerprint density at radius 2 is 1.88 bits per heavy atom. The van der Waals surface area contributed by atoms with Crippen molar-refractivity contribution in [3.63, 3.8) is 0 Å². The summed E-state index contributed by atoms with van der Waals surface area (Å²) >= 11 is 1.70. The van der Waals surface area contributed by atoms with Crippen molar-refractivity contribution in [1.82, 2.24) is 5.32 Å². The van der Waals surface area contributed by atoms with Gasteiger partial charge in [0, 0.05) is 11.4 Å². The van der Waals surface area contributed by atoms with E-state index >= 15 is 0 Å². The normalized spacial score (nSPS) is 13.0. The number of aliphatic imine (C=N–C) groups is 1. The van der Waals surface area contributed by atoms with Crippen molar-refractivity contribution in [2.24, 2.45) is 10.7 Å². The Morgan fingerprint density at radius 3 is 2.46 bits per heavy atom. The van der Waals surface area contributed by atoms with Gasteiger partial charge in [0.05, 0.1) is 17.2 Å². The molecule has 2 rings (SSSR count). The van der Waals surface area contributed by atoms with E-state index in [0.717, 1.165) is 12.0 Å². The van der Waals surface area contributed by atoms with Gasteiger partial charge in [0.1, 0.15) is 0 Å². The van der Waals surface area contributed by atoms with Gasteiger partial charge in [-0.1, -0.05) is 39.0 Å². The van der Waals surface area contributed by atoms with Gasteiger partial charge in [0.15, 0.2) is 15.8 Å². The van der Waals surface area contributed by atoms with Crippen LogP contribution in [0.4, 0.5) is 0 Å². The van der Waals surface area contributed by atoms with Crippen LogP contribution in [0, 0.1) is 0 Å². The zero-order chi connectivity index (χ0) is 19.2. The van der Waals surface area contributed by atoms with E-state index in [-0.39, 0.29) is 23.7 Å². The van der Waals surface area contributed by atoms with E-state index in [2.05, 4.69) is 37.1 Å². The summed E-state index contributed by atoms with van der Waals surface area (Å²) in [4.78, 5) is 5.71. The number of nitrogens with zero attached hydrogens (tertiary/aromatic N) is 1. The summed E-state index contributed by atoms with van der Waals surface area (Å²) in [7, 11) is -3.36. The molecule has 0 radical (unpaired) electrons. The summed E-state index contributed by atoms with van der Waals surface area (Å²) < 4.78 is 24.8. The lowest BCUT2D eigenvalue weighted by molar-refractivity contribution is 0.586. The van der Waals surface area contributed by atoms with Gasteiger partial charge in [-0.3, -0.25) is 4.99 Å². The highest BCUT2D eigenvalue weighted by Crippen LogP contribution is 2.23. The number of nitrogens with two attached hydrogens (primary N) is 1. The lowest BCUT2D eigenvalue weighted by Crippen LogP contribution is -2.33. The number of nitrogens with one attached hydrogen (secondary N) is 1. The van der Waals surface area contributed by atoms with Crippen molar-refractivity contribution < 1.29 is 8.42 Å². The highest BCUT2D eigenvalue weighted by Gasteiger charge is 2.17. The molecule has 0 saturated carbocycles. The minimum absolute atomic E-state index is 0.00415. The summed E-state index contributed by atoms with van der Waals surface area (Å²) in [5.74, 6) is 0.217. The van der Waals surface area contributed by atoms with Crippen molar-refractivity contribution in [2.75, 3.05) is 18.8 Å². The van der Waals surface area contributed by atoms with Crippen LogP contribution < -0.4 is 11.1 Å². The maximum atomic E-state index is 12.4. The quantitative estimate of drug-likeness (QED) is 0.559. The van der Waals surface area contributed by atoms with Gasteiger partial charge in [0.2, 0.25) is 0 Å². The maximum absolute atomic E-state index is 12.4. The maximum Gasteiger partial charge on any atom is 0.188 e. The Balaban J connectivity index is 1.84. The Hall–Kier alpha value is -1.86. The molecular weight excluding hydrogens is 366 g/mol. The molecule has 0 bridgehead atoms. The molecule has 7 heteroatoms. The molecule has 0 aliphatic rings. The molecule has 0 fully saturated rings. The fraction of sp³-hybridized carbons (Fsp3) is 0.421. The second-order valence-electron chi connectivity index (χ2n) is 7.12. The summed E-state index contributed by atoms with van der Waals surface area (Å²) in [6.07, 6.45) is 0.867. The lowest BCUT2D eigenvalue weighted by Gasteiger charge is -2.19. The molecule has 26 heavy (non-hydrogen) atoms. The first-order valence-electron chi connectivity index (χ1n) is 8.58. The van der Waals surface area contributed by atoms with Gasteiger partial charge in [-0.15, -0.1) is 11.3 Å².